The van der Waals surface area contributed by atoms with Crippen molar-refractivity contribution >= 4 is 28.4 Å². The minimum Gasteiger partial charge on any atom is -0.353 e. The van der Waals surface area contributed by atoms with Gasteiger partial charge in [0.05, 0.1) is 6.10 Å². The van der Waals surface area contributed by atoms with Gasteiger partial charge >= 0.3 is 0 Å². The summed E-state index contributed by atoms with van der Waals surface area (Å²) in [6, 6.07) is 0. The lowest BCUT2D eigenvalue weighted by Gasteiger charge is -2.62. The van der Waals surface area contributed by atoms with E-state index < -0.39 is 0 Å². The van der Waals surface area contributed by atoms with Crippen LogP contribution in [-0.4, -0.2) is 29.2 Å². The fourth-order valence-corrected chi connectivity index (χ4v) is 11.1. The van der Waals surface area contributed by atoms with Gasteiger partial charge in [0.2, 0.25) is 0 Å². The molecule has 34 heavy (non-hydrogen) atoms. The van der Waals surface area contributed by atoms with E-state index in [0.29, 0.717) is 40.3 Å². The standard InChI is InChI=1S/C30H49IO3/c1-5-21-25-18-20(34-26-8-6-7-17-33-26)11-14-30(25,4)24-12-15-29(3)22(19(2)13-16-31)9-10-23(29)27(24)28(21)32/h19-27H,5-18H2,1-4H3/t19-,20-,21-,22?,23?,24?,25?,26?,27?,29-,30-/m1/s1. The Morgan fingerprint density at radius 2 is 1.79 bits per heavy atom. The molecule has 4 aliphatic carbocycles. The van der Waals surface area contributed by atoms with Gasteiger partial charge in [-0.2, -0.15) is 0 Å². The number of carbonyl (C=O) groups excluding carboxylic acids is 1. The number of carbonyl (C=O) groups is 1. The van der Waals surface area contributed by atoms with E-state index in [9.17, 15) is 4.79 Å². The van der Waals surface area contributed by atoms with Crippen molar-refractivity contribution in [2.24, 2.45) is 52.3 Å². The SMILES string of the molecule is CC[C@H]1C(=O)C2C3CCC([C@H](C)CCI)[C@@]3(C)CCC2[C@@]2(C)CC[C@@H](OC3CCCCO3)CC12. The number of hydrogen-bond donors (Lipinski definition) is 0. The van der Waals surface area contributed by atoms with Gasteiger partial charge in [-0.1, -0.05) is 50.3 Å². The summed E-state index contributed by atoms with van der Waals surface area (Å²) in [7, 11) is 0. The van der Waals surface area contributed by atoms with Crippen LogP contribution in [0.4, 0.5) is 0 Å². The zero-order valence-electron chi connectivity index (χ0n) is 22.2. The van der Waals surface area contributed by atoms with Crippen LogP contribution in [0.25, 0.3) is 0 Å². The maximum absolute atomic E-state index is 14.3. The summed E-state index contributed by atoms with van der Waals surface area (Å²) in [5.74, 6) is 4.52. The Morgan fingerprint density at radius 1 is 1.03 bits per heavy atom. The number of fused-ring (bicyclic) bond motifs is 5. The first-order valence-electron chi connectivity index (χ1n) is 14.7. The molecule has 0 radical (unpaired) electrons. The highest BCUT2D eigenvalue weighted by Gasteiger charge is 2.65. The van der Waals surface area contributed by atoms with Crippen LogP contribution in [0.5, 0.6) is 0 Å². The molecule has 1 heterocycles. The van der Waals surface area contributed by atoms with Gasteiger partial charge in [-0.15, -0.1) is 0 Å². The molecule has 0 spiro atoms. The molecule has 0 N–H and O–H groups in total. The molecule has 5 fully saturated rings. The Hall–Kier alpha value is 0.320. The molecule has 11 atom stereocenters. The van der Waals surface area contributed by atoms with Gasteiger partial charge in [0.25, 0.3) is 0 Å². The molecular formula is C30H49IO3. The van der Waals surface area contributed by atoms with E-state index in [2.05, 4.69) is 50.3 Å². The molecule has 4 heteroatoms. The van der Waals surface area contributed by atoms with E-state index in [4.69, 9.17) is 9.47 Å². The third kappa shape index (κ3) is 4.25. The van der Waals surface area contributed by atoms with Gasteiger partial charge in [-0.25, -0.2) is 0 Å². The summed E-state index contributed by atoms with van der Waals surface area (Å²) < 4.78 is 13.7. The molecule has 4 saturated carbocycles. The fraction of sp³-hybridized carbons (Fsp3) is 0.967. The van der Waals surface area contributed by atoms with E-state index in [1.54, 1.807) is 0 Å². The number of halogens is 1. The van der Waals surface area contributed by atoms with E-state index in [1.165, 1.54) is 55.8 Å². The highest BCUT2D eigenvalue weighted by molar-refractivity contribution is 14.1. The molecular weight excluding hydrogens is 535 g/mol. The largest absolute Gasteiger partial charge is 0.353 e. The van der Waals surface area contributed by atoms with Crippen LogP contribution in [0.1, 0.15) is 105 Å². The van der Waals surface area contributed by atoms with Gasteiger partial charge in [0, 0.05) is 18.4 Å². The predicted molar refractivity (Wildman–Crippen MR) is 146 cm³/mol. The summed E-state index contributed by atoms with van der Waals surface area (Å²) in [5, 5.41) is 0. The average molecular weight is 585 g/mol. The van der Waals surface area contributed by atoms with E-state index in [1.807, 2.05) is 0 Å². The van der Waals surface area contributed by atoms with Crippen molar-refractivity contribution in [3.63, 3.8) is 0 Å². The summed E-state index contributed by atoms with van der Waals surface area (Å²) >= 11 is 2.55. The summed E-state index contributed by atoms with van der Waals surface area (Å²) in [6.07, 6.45) is 14.7. The molecule has 6 unspecified atom stereocenters. The summed E-state index contributed by atoms with van der Waals surface area (Å²) in [6.45, 7) is 10.8. The van der Waals surface area contributed by atoms with Crippen LogP contribution in [0.3, 0.4) is 0 Å². The molecule has 194 valence electrons. The van der Waals surface area contributed by atoms with Crippen molar-refractivity contribution in [2.45, 2.75) is 117 Å². The monoisotopic (exact) mass is 584 g/mol. The second-order valence-electron chi connectivity index (χ2n) is 13.3. The molecule has 1 saturated heterocycles. The second-order valence-corrected chi connectivity index (χ2v) is 14.4. The van der Waals surface area contributed by atoms with Crippen molar-refractivity contribution in [3.8, 4) is 0 Å². The highest BCUT2D eigenvalue weighted by atomic mass is 127. The number of alkyl halides is 1. The number of Topliss-reactive ketones (excluding diaryl/α,β-unsaturated/α-hetero) is 1. The predicted octanol–water partition coefficient (Wildman–Crippen LogP) is 7.83. The van der Waals surface area contributed by atoms with Crippen molar-refractivity contribution < 1.29 is 14.3 Å². The van der Waals surface area contributed by atoms with Crippen LogP contribution in [0, 0.1) is 52.3 Å². The number of hydrogen-bond acceptors (Lipinski definition) is 3. The smallest absolute Gasteiger partial charge is 0.157 e. The molecule has 3 nitrogen and oxygen atoms in total. The van der Waals surface area contributed by atoms with Gasteiger partial charge in [-0.3, -0.25) is 4.79 Å². The lowest BCUT2D eigenvalue weighted by atomic mass is 9.42. The van der Waals surface area contributed by atoms with Gasteiger partial charge in [0.1, 0.15) is 5.78 Å². The normalized spacial score (nSPS) is 49.7. The Labute approximate surface area is 222 Å². The maximum Gasteiger partial charge on any atom is 0.157 e. The highest BCUT2D eigenvalue weighted by Crippen LogP contribution is 2.68. The fourth-order valence-electron chi connectivity index (χ4n) is 10.1. The Kier molecular flexibility index (Phi) is 7.81. The Balaban J connectivity index is 1.37. The van der Waals surface area contributed by atoms with Crippen molar-refractivity contribution in [1.29, 1.82) is 0 Å². The third-order valence-corrected chi connectivity index (χ3v) is 12.5. The van der Waals surface area contributed by atoms with Crippen LogP contribution in [0.15, 0.2) is 0 Å². The van der Waals surface area contributed by atoms with Crippen molar-refractivity contribution in [2.75, 3.05) is 11.0 Å². The second kappa shape index (κ2) is 10.2. The quantitative estimate of drug-likeness (QED) is 0.181. The Bertz CT molecular complexity index is 735. The van der Waals surface area contributed by atoms with Gasteiger partial charge in [-0.05, 0) is 122 Å². The number of ether oxygens (including phenoxy) is 2. The summed E-state index contributed by atoms with van der Waals surface area (Å²) in [5.41, 5.74) is 0.682. The first-order chi connectivity index (χ1) is 16.3. The first-order valence-corrected chi connectivity index (χ1v) is 16.2. The van der Waals surface area contributed by atoms with E-state index in [-0.39, 0.29) is 18.3 Å². The minimum absolute atomic E-state index is 0.00873. The van der Waals surface area contributed by atoms with Gasteiger partial charge < -0.3 is 9.47 Å². The molecule has 5 rings (SSSR count). The molecule has 0 amide bonds. The Morgan fingerprint density at radius 3 is 2.50 bits per heavy atom. The molecule has 0 aromatic heterocycles. The lowest BCUT2D eigenvalue weighted by Crippen LogP contribution is -2.61. The first kappa shape index (κ1) is 25.9. The van der Waals surface area contributed by atoms with E-state index in [0.717, 1.165) is 44.1 Å². The van der Waals surface area contributed by atoms with Crippen LogP contribution in [0.2, 0.25) is 0 Å². The van der Waals surface area contributed by atoms with Crippen LogP contribution < -0.4 is 0 Å². The summed E-state index contributed by atoms with van der Waals surface area (Å²) in [4.78, 5) is 14.3. The zero-order valence-corrected chi connectivity index (χ0v) is 24.4. The number of rotatable bonds is 6. The zero-order chi connectivity index (χ0) is 24.1. The minimum atomic E-state index is -0.00873. The van der Waals surface area contributed by atoms with Gasteiger partial charge in [0.15, 0.2) is 6.29 Å². The molecule has 5 aliphatic rings. The average Bonchev–Trinajstić information content (AvgIpc) is 3.18. The van der Waals surface area contributed by atoms with Crippen LogP contribution >= 0.6 is 22.6 Å². The topological polar surface area (TPSA) is 35.5 Å². The molecule has 1 aliphatic heterocycles. The van der Waals surface area contributed by atoms with E-state index >= 15 is 0 Å². The lowest BCUT2D eigenvalue weighted by molar-refractivity contribution is -0.216. The number of ketones is 1. The van der Waals surface area contributed by atoms with Crippen molar-refractivity contribution in [1.82, 2.24) is 0 Å². The van der Waals surface area contributed by atoms with Crippen LogP contribution in [-0.2, 0) is 14.3 Å². The molecule has 0 bridgehead atoms. The maximum atomic E-state index is 14.3. The molecule has 0 aromatic carbocycles. The third-order valence-electron chi connectivity index (χ3n) is 11.9. The molecule has 0 aromatic rings. The van der Waals surface area contributed by atoms with Crippen molar-refractivity contribution in [3.05, 3.63) is 0 Å².